The van der Waals surface area contributed by atoms with Gasteiger partial charge in [-0.2, -0.15) is 0 Å². The molecule has 0 fully saturated rings. The molecule has 1 aromatic carbocycles. The Morgan fingerprint density at radius 1 is 1.56 bits per heavy atom. The lowest BCUT2D eigenvalue weighted by Gasteiger charge is -2.18. The minimum atomic E-state index is 0.117. The first-order valence-corrected chi connectivity index (χ1v) is 5.66. The summed E-state index contributed by atoms with van der Waals surface area (Å²) in [6.07, 6.45) is 0.778. The van der Waals surface area contributed by atoms with Gasteiger partial charge in [0.1, 0.15) is 0 Å². The molecule has 0 saturated heterocycles. The van der Waals surface area contributed by atoms with Gasteiger partial charge in [0.05, 0.1) is 12.1 Å². The van der Waals surface area contributed by atoms with E-state index in [1.807, 2.05) is 13.8 Å². The minimum absolute atomic E-state index is 0.117. The number of benzene rings is 1. The molecule has 0 bridgehead atoms. The quantitative estimate of drug-likeness (QED) is 0.855. The van der Waals surface area contributed by atoms with Gasteiger partial charge in [-0.1, -0.05) is 18.5 Å². The molecule has 3 N–H and O–H groups in total. The van der Waals surface area contributed by atoms with Crippen LogP contribution in [-0.4, -0.2) is 18.8 Å². The molecule has 1 aromatic rings. The highest BCUT2D eigenvalue weighted by atomic mass is 35.5. The average Bonchev–Trinajstić information content (AvgIpc) is 2.24. The van der Waals surface area contributed by atoms with Crippen LogP contribution in [0.5, 0.6) is 11.5 Å². The number of phenols is 1. The molecule has 0 heterocycles. The van der Waals surface area contributed by atoms with Gasteiger partial charge in [0, 0.05) is 5.56 Å². The second kappa shape index (κ2) is 5.41. The zero-order valence-corrected chi connectivity index (χ0v) is 10.6. The number of ether oxygens (including phenoxy) is 1. The predicted molar refractivity (Wildman–Crippen MR) is 66.5 cm³/mol. The van der Waals surface area contributed by atoms with E-state index >= 15 is 0 Å². The van der Waals surface area contributed by atoms with E-state index in [1.54, 1.807) is 6.07 Å². The summed E-state index contributed by atoms with van der Waals surface area (Å²) in [5.41, 5.74) is 7.14. The molecular weight excluding hydrogens is 226 g/mol. The van der Waals surface area contributed by atoms with Crippen molar-refractivity contribution in [3.05, 3.63) is 22.2 Å². The van der Waals surface area contributed by atoms with Crippen LogP contribution in [0.4, 0.5) is 0 Å². The Labute approximate surface area is 101 Å². The Hall–Kier alpha value is -0.930. The number of hydrogen-bond donors (Lipinski definition) is 2. The first-order valence-electron chi connectivity index (χ1n) is 5.28. The van der Waals surface area contributed by atoms with Gasteiger partial charge < -0.3 is 15.6 Å². The number of rotatable bonds is 4. The standard InChI is InChI=1S/C12H18ClNO2/c1-7(4-5-14)10-11(13)8(2)6-9(16-3)12(10)15/h6-7,15H,4-5,14H2,1-3H3. The third kappa shape index (κ3) is 2.42. The molecule has 0 radical (unpaired) electrons. The van der Waals surface area contributed by atoms with E-state index in [4.69, 9.17) is 22.1 Å². The predicted octanol–water partition coefficient (Wildman–Crippen LogP) is 2.81. The molecule has 4 heteroatoms. The molecule has 0 aliphatic rings. The lowest BCUT2D eigenvalue weighted by molar-refractivity contribution is 0.368. The van der Waals surface area contributed by atoms with Crippen LogP contribution in [0.1, 0.15) is 30.4 Å². The number of hydrogen-bond acceptors (Lipinski definition) is 3. The first-order chi connectivity index (χ1) is 7.52. The lowest BCUT2D eigenvalue weighted by atomic mass is 9.94. The Kier molecular flexibility index (Phi) is 4.44. The van der Waals surface area contributed by atoms with Gasteiger partial charge in [0.2, 0.25) is 0 Å². The minimum Gasteiger partial charge on any atom is -0.504 e. The molecular formula is C12H18ClNO2. The summed E-state index contributed by atoms with van der Waals surface area (Å²) in [5, 5.41) is 10.6. The van der Waals surface area contributed by atoms with Gasteiger partial charge >= 0.3 is 0 Å². The summed E-state index contributed by atoms with van der Waals surface area (Å²) in [4.78, 5) is 0. The smallest absolute Gasteiger partial charge is 0.162 e. The fraction of sp³-hybridized carbons (Fsp3) is 0.500. The van der Waals surface area contributed by atoms with Crippen molar-refractivity contribution in [2.45, 2.75) is 26.2 Å². The molecule has 0 aliphatic carbocycles. The average molecular weight is 244 g/mol. The van der Waals surface area contributed by atoms with Gasteiger partial charge in [0.15, 0.2) is 11.5 Å². The summed E-state index contributed by atoms with van der Waals surface area (Å²) >= 11 is 6.20. The van der Waals surface area contributed by atoms with Crippen molar-refractivity contribution in [3.8, 4) is 11.5 Å². The van der Waals surface area contributed by atoms with Crippen molar-refractivity contribution in [1.82, 2.24) is 0 Å². The van der Waals surface area contributed by atoms with Crippen LogP contribution < -0.4 is 10.5 Å². The second-order valence-corrected chi connectivity index (χ2v) is 4.33. The number of halogens is 1. The van der Waals surface area contributed by atoms with E-state index in [0.717, 1.165) is 17.5 Å². The van der Waals surface area contributed by atoms with Crippen molar-refractivity contribution in [1.29, 1.82) is 0 Å². The zero-order chi connectivity index (χ0) is 12.3. The van der Waals surface area contributed by atoms with E-state index in [2.05, 4.69) is 0 Å². The maximum absolute atomic E-state index is 10.0. The summed E-state index contributed by atoms with van der Waals surface area (Å²) in [5.74, 6) is 0.700. The van der Waals surface area contributed by atoms with E-state index in [0.29, 0.717) is 17.3 Å². The summed E-state index contributed by atoms with van der Waals surface area (Å²) in [6.45, 7) is 4.45. The highest BCUT2D eigenvalue weighted by Gasteiger charge is 2.19. The van der Waals surface area contributed by atoms with Crippen LogP contribution in [0.2, 0.25) is 5.02 Å². The monoisotopic (exact) mass is 243 g/mol. The zero-order valence-electron chi connectivity index (χ0n) is 9.88. The molecule has 0 saturated carbocycles. The van der Waals surface area contributed by atoms with Crippen molar-refractivity contribution in [2.75, 3.05) is 13.7 Å². The Morgan fingerprint density at radius 2 is 2.19 bits per heavy atom. The van der Waals surface area contributed by atoms with Crippen LogP contribution in [0.3, 0.4) is 0 Å². The summed E-state index contributed by atoms with van der Waals surface area (Å²) in [6, 6.07) is 1.73. The highest BCUT2D eigenvalue weighted by Crippen LogP contribution is 2.42. The molecule has 1 atom stereocenters. The third-order valence-corrected chi connectivity index (χ3v) is 3.23. The van der Waals surface area contributed by atoms with Crippen LogP contribution in [0.25, 0.3) is 0 Å². The number of aryl methyl sites for hydroxylation is 1. The number of nitrogens with two attached hydrogens (primary N) is 1. The number of methoxy groups -OCH3 is 1. The van der Waals surface area contributed by atoms with Gasteiger partial charge in [-0.15, -0.1) is 0 Å². The Morgan fingerprint density at radius 3 is 2.69 bits per heavy atom. The van der Waals surface area contributed by atoms with Gasteiger partial charge in [-0.05, 0) is 37.4 Å². The molecule has 3 nitrogen and oxygen atoms in total. The molecule has 0 amide bonds. The van der Waals surface area contributed by atoms with Gasteiger partial charge in [-0.25, -0.2) is 0 Å². The number of aromatic hydroxyl groups is 1. The molecule has 90 valence electrons. The van der Waals surface area contributed by atoms with Crippen molar-refractivity contribution in [2.24, 2.45) is 5.73 Å². The molecule has 0 spiro atoms. The Balaban J connectivity index is 3.29. The maximum Gasteiger partial charge on any atom is 0.162 e. The van der Waals surface area contributed by atoms with E-state index in [9.17, 15) is 5.11 Å². The Bertz CT molecular complexity index is 380. The van der Waals surface area contributed by atoms with E-state index < -0.39 is 0 Å². The number of phenolic OH excluding ortho intramolecular Hbond substituents is 1. The molecule has 1 rings (SSSR count). The van der Waals surface area contributed by atoms with Crippen LogP contribution in [-0.2, 0) is 0 Å². The molecule has 16 heavy (non-hydrogen) atoms. The van der Waals surface area contributed by atoms with Crippen molar-refractivity contribution >= 4 is 11.6 Å². The van der Waals surface area contributed by atoms with E-state index in [-0.39, 0.29) is 11.7 Å². The SMILES string of the molecule is COc1cc(C)c(Cl)c(C(C)CCN)c1O. The lowest BCUT2D eigenvalue weighted by Crippen LogP contribution is -2.06. The second-order valence-electron chi connectivity index (χ2n) is 3.95. The van der Waals surface area contributed by atoms with Crippen molar-refractivity contribution < 1.29 is 9.84 Å². The van der Waals surface area contributed by atoms with Crippen LogP contribution >= 0.6 is 11.6 Å². The summed E-state index contributed by atoms with van der Waals surface area (Å²) in [7, 11) is 1.53. The van der Waals surface area contributed by atoms with Gasteiger partial charge in [0.25, 0.3) is 0 Å². The first kappa shape index (κ1) is 13.1. The highest BCUT2D eigenvalue weighted by molar-refractivity contribution is 6.32. The molecule has 1 unspecified atom stereocenters. The fourth-order valence-corrected chi connectivity index (χ4v) is 2.11. The molecule has 0 aromatic heterocycles. The maximum atomic E-state index is 10.0. The van der Waals surface area contributed by atoms with Crippen LogP contribution in [0.15, 0.2) is 6.07 Å². The topological polar surface area (TPSA) is 55.5 Å². The van der Waals surface area contributed by atoms with Crippen LogP contribution in [0, 0.1) is 6.92 Å². The van der Waals surface area contributed by atoms with Crippen molar-refractivity contribution in [3.63, 3.8) is 0 Å². The third-order valence-electron chi connectivity index (χ3n) is 2.73. The largest absolute Gasteiger partial charge is 0.504 e. The van der Waals surface area contributed by atoms with E-state index in [1.165, 1.54) is 7.11 Å². The fourth-order valence-electron chi connectivity index (χ4n) is 1.78. The van der Waals surface area contributed by atoms with Gasteiger partial charge in [-0.3, -0.25) is 0 Å². The molecule has 0 aliphatic heterocycles. The normalized spacial score (nSPS) is 12.6. The summed E-state index contributed by atoms with van der Waals surface area (Å²) < 4.78 is 5.11.